The highest BCUT2D eigenvalue weighted by Crippen LogP contribution is 2.12. The monoisotopic (exact) mass is 318 g/mol. The Bertz CT molecular complexity index is 383. The van der Waals surface area contributed by atoms with E-state index >= 15 is 0 Å². The molecule has 0 spiro atoms. The van der Waals surface area contributed by atoms with Crippen molar-refractivity contribution in [1.82, 2.24) is 10.6 Å². The Hall–Kier alpha value is -1.37. The lowest BCUT2D eigenvalue weighted by molar-refractivity contribution is -0.145. The van der Waals surface area contributed by atoms with E-state index in [9.17, 15) is 14.4 Å². The Balaban J connectivity index is 2.59. The van der Waals surface area contributed by atoms with Crippen molar-refractivity contribution in [3.05, 3.63) is 11.1 Å². The summed E-state index contributed by atoms with van der Waals surface area (Å²) < 4.78 is 5.17. The third-order valence-electron chi connectivity index (χ3n) is 2.54. The van der Waals surface area contributed by atoms with E-state index in [1.54, 1.807) is 0 Å². The molecule has 2 N–H and O–H groups in total. The molecule has 0 aromatic carbocycles. The predicted octanol–water partition coefficient (Wildman–Crippen LogP) is 0.221. The molecular weight excluding hydrogens is 304 g/mol. The maximum Gasteiger partial charge on any atom is 0.328 e. The number of esters is 1. The summed E-state index contributed by atoms with van der Waals surface area (Å²) in [6.45, 7) is 3.62. The van der Waals surface area contributed by atoms with Crippen molar-refractivity contribution in [3.63, 3.8) is 0 Å². The summed E-state index contributed by atoms with van der Waals surface area (Å²) in [6, 6.07) is -1.37. The van der Waals surface area contributed by atoms with Gasteiger partial charge in [0.2, 0.25) is 11.8 Å². The van der Waals surface area contributed by atoms with Crippen LogP contribution >= 0.6 is 15.9 Å². The molecule has 7 heteroatoms. The van der Waals surface area contributed by atoms with Gasteiger partial charge in [-0.2, -0.15) is 0 Å². The number of halogens is 1. The normalized spacial score (nSPS) is 19.9. The van der Waals surface area contributed by atoms with Crippen LogP contribution in [0, 0.1) is 0 Å². The summed E-state index contributed by atoms with van der Waals surface area (Å²) in [5.41, 5.74) is 0. The Labute approximate surface area is 113 Å². The van der Waals surface area contributed by atoms with E-state index in [0.29, 0.717) is 17.3 Å². The molecule has 1 aliphatic heterocycles. The molecule has 1 rings (SSSR count). The average molecular weight is 319 g/mol. The molecule has 0 aromatic rings. The molecule has 0 bridgehead atoms. The molecule has 0 unspecified atom stereocenters. The maximum absolute atomic E-state index is 11.8. The van der Waals surface area contributed by atoms with E-state index < -0.39 is 18.1 Å². The van der Waals surface area contributed by atoms with Gasteiger partial charge in [0, 0.05) is 12.8 Å². The molecule has 0 aromatic heterocycles. The fourth-order valence-corrected chi connectivity index (χ4v) is 1.96. The van der Waals surface area contributed by atoms with Crippen LogP contribution in [0.4, 0.5) is 0 Å². The second-order valence-electron chi connectivity index (χ2n) is 3.96. The van der Waals surface area contributed by atoms with Gasteiger partial charge in [-0.15, -0.1) is 0 Å². The van der Waals surface area contributed by atoms with Gasteiger partial charge < -0.3 is 15.4 Å². The Kier molecular flexibility index (Phi) is 5.33. The van der Waals surface area contributed by atoms with Gasteiger partial charge >= 0.3 is 5.97 Å². The van der Waals surface area contributed by atoms with Crippen LogP contribution in [0.25, 0.3) is 0 Å². The Morgan fingerprint density at radius 2 is 2.33 bits per heavy atom. The summed E-state index contributed by atoms with van der Waals surface area (Å²) in [7, 11) is 1.25. The van der Waals surface area contributed by atoms with Gasteiger partial charge in [0.15, 0.2) is 0 Å². The number of amides is 2. The van der Waals surface area contributed by atoms with Crippen LogP contribution in [-0.4, -0.2) is 37.0 Å². The summed E-state index contributed by atoms with van der Waals surface area (Å²) in [4.78, 5) is 34.3. The lowest BCUT2D eigenvalue weighted by Gasteiger charge is -2.18. The Morgan fingerprint density at radius 1 is 1.67 bits per heavy atom. The first kappa shape index (κ1) is 14.7. The van der Waals surface area contributed by atoms with Crippen molar-refractivity contribution in [2.24, 2.45) is 0 Å². The molecule has 1 aliphatic rings. The highest BCUT2D eigenvalue weighted by molar-refractivity contribution is 9.11. The lowest BCUT2D eigenvalue weighted by atomic mass is 10.1. The fraction of sp³-hybridized carbons (Fsp3) is 0.545. The topological polar surface area (TPSA) is 84.5 Å². The largest absolute Gasteiger partial charge is 0.467 e. The number of nitrogens with one attached hydrogen (secondary N) is 2. The highest BCUT2D eigenvalue weighted by atomic mass is 79.9. The smallest absolute Gasteiger partial charge is 0.328 e. The molecule has 0 aliphatic carbocycles. The van der Waals surface area contributed by atoms with Crippen LogP contribution < -0.4 is 10.6 Å². The second-order valence-corrected chi connectivity index (χ2v) is 5.09. The molecule has 0 saturated carbocycles. The van der Waals surface area contributed by atoms with E-state index in [0.717, 1.165) is 0 Å². The zero-order valence-electron chi connectivity index (χ0n) is 9.99. The van der Waals surface area contributed by atoms with Crippen molar-refractivity contribution >= 4 is 33.7 Å². The molecule has 2 atom stereocenters. The van der Waals surface area contributed by atoms with Crippen LogP contribution in [0.2, 0.25) is 0 Å². The van der Waals surface area contributed by atoms with Crippen molar-refractivity contribution in [2.45, 2.75) is 31.3 Å². The zero-order chi connectivity index (χ0) is 13.7. The SMILES string of the molecule is C=C(Br)C[C@H](NC(=O)[C@H]1CCC(=O)N1)C(=O)OC. The van der Waals surface area contributed by atoms with Crippen LogP contribution in [0.3, 0.4) is 0 Å². The average Bonchev–Trinajstić information content (AvgIpc) is 2.73. The Morgan fingerprint density at radius 3 is 2.78 bits per heavy atom. The highest BCUT2D eigenvalue weighted by Gasteiger charge is 2.30. The number of methoxy groups -OCH3 is 1. The van der Waals surface area contributed by atoms with Gasteiger partial charge in [0.25, 0.3) is 0 Å². The van der Waals surface area contributed by atoms with E-state index in [1.807, 2.05) is 0 Å². The molecule has 1 saturated heterocycles. The number of carbonyl (C=O) groups excluding carboxylic acids is 3. The van der Waals surface area contributed by atoms with Gasteiger partial charge in [0.05, 0.1) is 7.11 Å². The standard InChI is InChI=1S/C11H15BrN2O4/c1-6(12)5-8(11(17)18-2)14-10(16)7-3-4-9(15)13-7/h7-8H,1,3-5H2,2H3,(H,13,15)(H,14,16)/t7-,8+/m1/s1. The quantitative estimate of drug-likeness (QED) is 0.710. The second kappa shape index (κ2) is 6.53. The lowest BCUT2D eigenvalue weighted by Crippen LogP contribution is -2.49. The molecular formula is C11H15BrN2O4. The summed E-state index contributed by atoms with van der Waals surface area (Å²) in [5, 5.41) is 5.07. The van der Waals surface area contributed by atoms with E-state index in [4.69, 9.17) is 0 Å². The van der Waals surface area contributed by atoms with E-state index in [2.05, 4.69) is 37.9 Å². The first-order valence-electron chi connectivity index (χ1n) is 5.45. The number of hydrogen-bond donors (Lipinski definition) is 2. The summed E-state index contributed by atoms with van der Waals surface area (Å²) >= 11 is 3.13. The van der Waals surface area contributed by atoms with E-state index in [-0.39, 0.29) is 18.2 Å². The zero-order valence-corrected chi connectivity index (χ0v) is 11.6. The van der Waals surface area contributed by atoms with Crippen LogP contribution in [0.15, 0.2) is 11.1 Å². The van der Waals surface area contributed by atoms with E-state index in [1.165, 1.54) is 7.11 Å². The van der Waals surface area contributed by atoms with Crippen LogP contribution in [0.5, 0.6) is 0 Å². The minimum absolute atomic E-state index is 0.158. The van der Waals surface area contributed by atoms with Crippen molar-refractivity contribution in [1.29, 1.82) is 0 Å². The van der Waals surface area contributed by atoms with Gasteiger partial charge in [-0.05, 0) is 10.9 Å². The molecule has 1 fully saturated rings. The minimum atomic E-state index is -0.799. The third kappa shape index (κ3) is 4.14. The van der Waals surface area contributed by atoms with Gasteiger partial charge in [-0.25, -0.2) is 4.79 Å². The van der Waals surface area contributed by atoms with Gasteiger partial charge in [-0.3, -0.25) is 9.59 Å². The maximum atomic E-state index is 11.8. The number of rotatable bonds is 5. The molecule has 2 amide bonds. The predicted molar refractivity (Wildman–Crippen MR) is 67.8 cm³/mol. The molecule has 18 heavy (non-hydrogen) atoms. The number of hydrogen-bond acceptors (Lipinski definition) is 4. The molecule has 1 heterocycles. The van der Waals surface area contributed by atoms with Gasteiger partial charge in [-0.1, -0.05) is 22.5 Å². The van der Waals surface area contributed by atoms with Crippen LogP contribution in [-0.2, 0) is 19.1 Å². The molecule has 0 radical (unpaired) electrons. The first-order valence-corrected chi connectivity index (χ1v) is 6.24. The molecule has 6 nitrogen and oxygen atoms in total. The summed E-state index contributed by atoms with van der Waals surface area (Å²) in [5.74, 6) is -1.09. The first-order chi connectivity index (χ1) is 8.43. The summed E-state index contributed by atoms with van der Waals surface area (Å²) in [6.07, 6.45) is 0.999. The molecule has 100 valence electrons. The fourth-order valence-electron chi connectivity index (χ4n) is 1.64. The minimum Gasteiger partial charge on any atom is -0.467 e. The number of carbonyl (C=O) groups is 3. The number of ether oxygens (including phenoxy) is 1. The van der Waals surface area contributed by atoms with Crippen LogP contribution in [0.1, 0.15) is 19.3 Å². The third-order valence-corrected chi connectivity index (χ3v) is 2.86. The van der Waals surface area contributed by atoms with Crippen molar-refractivity contribution < 1.29 is 19.1 Å². The van der Waals surface area contributed by atoms with Crippen molar-refractivity contribution in [3.8, 4) is 0 Å². The van der Waals surface area contributed by atoms with Gasteiger partial charge in [0.1, 0.15) is 12.1 Å². The van der Waals surface area contributed by atoms with Crippen molar-refractivity contribution in [2.75, 3.05) is 7.11 Å².